The van der Waals surface area contributed by atoms with Gasteiger partial charge < -0.3 is 15.8 Å². The molecule has 0 spiro atoms. The molecule has 0 saturated carbocycles. The molecule has 0 aliphatic heterocycles. The van der Waals surface area contributed by atoms with Crippen LogP contribution in [0.1, 0.15) is 20.8 Å². The van der Waals surface area contributed by atoms with E-state index >= 15 is 0 Å². The van der Waals surface area contributed by atoms with E-state index in [1.165, 1.54) is 4.31 Å². The van der Waals surface area contributed by atoms with Crippen molar-refractivity contribution in [2.24, 2.45) is 10.7 Å². The number of hydrogen-bond donors (Lipinski definition) is 2. The molecule has 0 aromatic carbocycles. The molecule has 1 atom stereocenters. The maximum absolute atomic E-state index is 11.9. The Morgan fingerprint density at radius 2 is 2.00 bits per heavy atom. The number of guanidine groups is 1. The lowest BCUT2D eigenvalue weighted by atomic mass is 10.4. The Kier molecular flexibility index (Phi) is 8.70. The highest BCUT2D eigenvalue weighted by Crippen LogP contribution is 2.00. The first-order valence-electron chi connectivity index (χ1n) is 6.40. The van der Waals surface area contributed by atoms with Gasteiger partial charge in [0.2, 0.25) is 10.0 Å². The van der Waals surface area contributed by atoms with Crippen molar-refractivity contribution < 1.29 is 13.2 Å². The quantitative estimate of drug-likeness (QED) is 0.445. The van der Waals surface area contributed by atoms with Crippen molar-refractivity contribution in [3.63, 3.8) is 0 Å². The molecule has 0 rings (SSSR count). The van der Waals surface area contributed by atoms with Gasteiger partial charge in [0.05, 0.1) is 18.9 Å². The first-order valence-corrected chi connectivity index (χ1v) is 8.01. The molecule has 0 aliphatic carbocycles. The van der Waals surface area contributed by atoms with Crippen LogP contribution in [0.25, 0.3) is 0 Å². The Labute approximate surface area is 116 Å². The molecule has 0 aromatic heterocycles. The van der Waals surface area contributed by atoms with Crippen molar-refractivity contribution >= 4 is 16.0 Å². The summed E-state index contributed by atoms with van der Waals surface area (Å²) in [5.74, 6) is 0.203. The monoisotopic (exact) mass is 294 g/mol. The van der Waals surface area contributed by atoms with Gasteiger partial charge in [0, 0.05) is 26.2 Å². The van der Waals surface area contributed by atoms with E-state index in [4.69, 9.17) is 10.5 Å². The topological polar surface area (TPSA) is 97.0 Å². The molecule has 114 valence electrons. The molecule has 7 nitrogen and oxygen atoms in total. The van der Waals surface area contributed by atoms with E-state index in [1.54, 1.807) is 7.11 Å². The zero-order chi connectivity index (χ0) is 14.9. The summed E-state index contributed by atoms with van der Waals surface area (Å²) in [5.41, 5.74) is 5.65. The minimum Gasteiger partial charge on any atom is -0.383 e. The van der Waals surface area contributed by atoms with E-state index < -0.39 is 10.0 Å². The molecule has 0 saturated heterocycles. The zero-order valence-corrected chi connectivity index (χ0v) is 13.0. The van der Waals surface area contributed by atoms with E-state index in [0.717, 1.165) is 0 Å². The molecule has 0 amide bonds. The largest absolute Gasteiger partial charge is 0.383 e. The van der Waals surface area contributed by atoms with Crippen LogP contribution in [0.15, 0.2) is 4.99 Å². The highest BCUT2D eigenvalue weighted by molar-refractivity contribution is 7.89. The summed E-state index contributed by atoms with van der Waals surface area (Å²) in [4.78, 5) is 4.00. The van der Waals surface area contributed by atoms with Crippen LogP contribution >= 0.6 is 0 Å². The number of ether oxygens (including phenoxy) is 1. The van der Waals surface area contributed by atoms with Gasteiger partial charge in [-0.3, -0.25) is 4.99 Å². The Hall–Kier alpha value is -0.860. The van der Waals surface area contributed by atoms with Gasteiger partial charge in [-0.25, -0.2) is 12.7 Å². The van der Waals surface area contributed by atoms with Gasteiger partial charge in [-0.15, -0.1) is 0 Å². The molecule has 3 N–H and O–H groups in total. The first kappa shape index (κ1) is 18.1. The summed E-state index contributed by atoms with van der Waals surface area (Å²) in [6.45, 7) is 7.13. The van der Waals surface area contributed by atoms with Crippen LogP contribution in [-0.2, 0) is 14.8 Å². The Morgan fingerprint density at radius 1 is 1.42 bits per heavy atom. The van der Waals surface area contributed by atoms with Crippen LogP contribution in [0.5, 0.6) is 0 Å². The van der Waals surface area contributed by atoms with Gasteiger partial charge in [-0.2, -0.15) is 0 Å². The summed E-state index contributed by atoms with van der Waals surface area (Å²) >= 11 is 0. The van der Waals surface area contributed by atoms with Crippen molar-refractivity contribution in [2.45, 2.75) is 26.8 Å². The summed E-state index contributed by atoms with van der Waals surface area (Å²) in [7, 11) is -1.64. The standard InChI is InChI=1S/C11H26N4O3S/c1-5-15(6-2)19(16,17)8-7-13-11(12)14-10(3)9-18-4/h10H,5-9H2,1-4H3,(H3,12,13,14). The van der Waals surface area contributed by atoms with Gasteiger partial charge >= 0.3 is 0 Å². The molecule has 0 heterocycles. The summed E-state index contributed by atoms with van der Waals surface area (Å²) in [6, 6.07) is 0.0353. The molecule has 0 fully saturated rings. The lowest BCUT2D eigenvalue weighted by molar-refractivity contribution is 0.179. The van der Waals surface area contributed by atoms with Gasteiger partial charge in [-0.05, 0) is 6.92 Å². The van der Waals surface area contributed by atoms with Crippen LogP contribution in [0, 0.1) is 0 Å². The summed E-state index contributed by atoms with van der Waals surface area (Å²) in [6.07, 6.45) is 0. The van der Waals surface area contributed by atoms with Crippen LogP contribution in [0.4, 0.5) is 0 Å². The molecule has 19 heavy (non-hydrogen) atoms. The minimum atomic E-state index is -3.24. The lowest BCUT2D eigenvalue weighted by Gasteiger charge is -2.17. The number of rotatable bonds is 9. The molecule has 0 bridgehead atoms. The average molecular weight is 294 g/mol. The van der Waals surface area contributed by atoms with Gasteiger partial charge in [0.15, 0.2) is 5.96 Å². The maximum atomic E-state index is 11.9. The van der Waals surface area contributed by atoms with E-state index in [1.807, 2.05) is 20.8 Å². The molecule has 0 aliphatic rings. The van der Waals surface area contributed by atoms with Gasteiger partial charge in [-0.1, -0.05) is 13.8 Å². The number of sulfonamides is 1. The second-order valence-electron chi connectivity index (χ2n) is 4.17. The molecular formula is C11H26N4O3S. The van der Waals surface area contributed by atoms with Crippen molar-refractivity contribution in [2.75, 3.05) is 39.1 Å². The summed E-state index contributed by atoms with van der Waals surface area (Å²) < 4.78 is 30.1. The normalized spacial score (nSPS) is 14.7. The van der Waals surface area contributed by atoms with E-state index in [0.29, 0.717) is 19.7 Å². The minimum absolute atomic E-state index is 0.0320. The number of hydrogen-bond acceptors (Lipinski definition) is 4. The van der Waals surface area contributed by atoms with Crippen molar-refractivity contribution in [1.82, 2.24) is 9.62 Å². The fourth-order valence-electron chi connectivity index (χ4n) is 1.62. The third kappa shape index (κ3) is 7.34. The number of aliphatic imine (C=N–C) groups is 1. The maximum Gasteiger partial charge on any atom is 0.215 e. The first-order chi connectivity index (χ1) is 8.87. The van der Waals surface area contributed by atoms with Crippen LogP contribution in [-0.4, -0.2) is 63.8 Å². The Morgan fingerprint density at radius 3 is 2.47 bits per heavy atom. The molecular weight excluding hydrogens is 268 g/mol. The molecule has 0 aromatic rings. The third-order valence-corrected chi connectivity index (χ3v) is 4.54. The van der Waals surface area contributed by atoms with Gasteiger partial charge in [0.25, 0.3) is 0 Å². The van der Waals surface area contributed by atoms with E-state index in [9.17, 15) is 8.42 Å². The number of nitrogens with two attached hydrogens (primary N) is 1. The second-order valence-corrected chi connectivity index (χ2v) is 6.26. The van der Waals surface area contributed by atoms with Crippen molar-refractivity contribution in [1.29, 1.82) is 0 Å². The highest BCUT2D eigenvalue weighted by Gasteiger charge is 2.17. The smallest absolute Gasteiger partial charge is 0.215 e. The van der Waals surface area contributed by atoms with Crippen molar-refractivity contribution in [3.05, 3.63) is 0 Å². The number of nitrogens with zero attached hydrogens (tertiary/aromatic N) is 2. The fourth-order valence-corrected chi connectivity index (χ4v) is 2.98. The van der Waals surface area contributed by atoms with Crippen LogP contribution in [0.3, 0.4) is 0 Å². The number of nitrogens with one attached hydrogen (secondary N) is 1. The molecule has 1 unspecified atom stereocenters. The van der Waals surface area contributed by atoms with Gasteiger partial charge in [0.1, 0.15) is 0 Å². The molecule has 8 heteroatoms. The fraction of sp³-hybridized carbons (Fsp3) is 0.909. The van der Waals surface area contributed by atoms with Crippen LogP contribution < -0.4 is 11.1 Å². The van der Waals surface area contributed by atoms with Crippen LogP contribution in [0.2, 0.25) is 0 Å². The Bertz CT molecular complexity index is 366. The summed E-state index contributed by atoms with van der Waals surface area (Å²) in [5, 5.41) is 2.92. The lowest BCUT2D eigenvalue weighted by Crippen LogP contribution is -2.41. The van der Waals surface area contributed by atoms with E-state index in [2.05, 4.69) is 10.3 Å². The SMILES string of the molecule is CCN(CC)S(=O)(=O)CCN=C(N)NC(C)COC. The van der Waals surface area contributed by atoms with Crippen molar-refractivity contribution in [3.8, 4) is 0 Å². The molecule has 0 radical (unpaired) electrons. The number of methoxy groups -OCH3 is 1. The Balaban J connectivity index is 4.26. The third-order valence-electron chi connectivity index (χ3n) is 2.54. The van der Waals surface area contributed by atoms with E-state index in [-0.39, 0.29) is 24.3 Å². The predicted molar refractivity (Wildman–Crippen MR) is 77.7 cm³/mol. The highest BCUT2D eigenvalue weighted by atomic mass is 32.2. The zero-order valence-electron chi connectivity index (χ0n) is 12.2. The average Bonchev–Trinajstić information content (AvgIpc) is 2.29. The predicted octanol–water partition coefficient (Wildman–Crippen LogP) is -0.403. The second kappa shape index (κ2) is 9.11.